The topological polar surface area (TPSA) is 111 Å². The number of ether oxygens (including phenoxy) is 2. The quantitative estimate of drug-likeness (QED) is 0.484. The number of carbonyl (C=O) groups excluding carboxylic acids is 2. The molecule has 0 aliphatic carbocycles. The average molecular weight is 469 g/mol. The Labute approximate surface area is 192 Å². The zero-order chi connectivity index (χ0) is 24.0. The highest BCUT2D eigenvalue weighted by atomic mass is 32.2. The fourth-order valence-corrected chi connectivity index (χ4v) is 4.09. The number of amides is 1. The molecule has 0 heterocycles. The molecule has 0 saturated heterocycles. The van der Waals surface area contributed by atoms with E-state index in [2.05, 4.69) is 10.0 Å². The van der Waals surface area contributed by atoms with E-state index in [9.17, 15) is 18.0 Å². The summed E-state index contributed by atoms with van der Waals surface area (Å²) in [6.07, 6.45) is -1.09. The minimum atomic E-state index is -4.01. The Balaban J connectivity index is 1.71. The van der Waals surface area contributed by atoms with Crippen molar-refractivity contribution in [3.8, 4) is 5.75 Å². The van der Waals surface area contributed by atoms with Gasteiger partial charge < -0.3 is 14.8 Å². The molecule has 0 radical (unpaired) electrons. The summed E-state index contributed by atoms with van der Waals surface area (Å²) in [5.41, 5.74) is 1.80. The smallest absolute Gasteiger partial charge is 0.338 e. The van der Waals surface area contributed by atoms with Crippen molar-refractivity contribution in [1.82, 2.24) is 0 Å². The molecule has 0 fully saturated rings. The number of benzene rings is 3. The third kappa shape index (κ3) is 6.11. The Morgan fingerprint density at radius 1 is 0.939 bits per heavy atom. The van der Waals surface area contributed by atoms with Crippen LogP contribution in [-0.4, -0.2) is 33.5 Å². The number of methoxy groups -OCH3 is 1. The Bertz CT molecular complexity index is 1270. The zero-order valence-electron chi connectivity index (χ0n) is 18.4. The first kappa shape index (κ1) is 23.8. The summed E-state index contributed by atoms with van der Waals surface area (Å²) in [4.78, 5) is 24.8. The van der Waals surface area contributed by atoms with Crippen molar-refractivity contribution in [2.75, 3.05) is 17.1 Å². The van der Waals surface area contributed by atoms with E-state index < -0.39 is 28.0 Å². The van der Waals surface area contributed by atoms with Gasteiger partial charge >= 0.3 is 5.97 Å². The molecule has 172 valence electrons. The number of carbonyl (C=O) groups is 2. The summed E-state index contributed by atoms with van der Waals surface area (Å²) in [6.45, 7) is 3.33. The molecule has 0 aliphatic heterocycles. The molecule has 2 N–H and O–H groups in total. The van der Waals surface area contributed by atoms with Crippen molar-refractivity contribution in [1.29, 1.82) is 0 Å². The van der Waals surface area contributed by atoms with Crippen LogP contribution in [0.3, 0.4) is 0 Å². The molecule has 0 saturated carbocycles. The standard InChI is InChI=1S/C24H24N2O6S/c1-16-8-6-10-19(14-16)25-23(27)17(2)32-24(28)18-9-7-11-20(15-18)33(29,30)26-21-12-4-5-13-22(21)31-3/h4-15,17,26H,1-3H3,(H,25,27). The SMILES string of the molecule is COc1ccccc1NS(=O)(=O)c1cccc(C(=O)OC(C)C(=O)Nc2cccc(C)c2)c1. The maximum atomic E-state index is 12.8. The second kappa shape index (κ2) is 10.2. The molecule has 0 bridgehead atoms. The fourth-order valence-electron chi connectivity index (χ4n) is 2.97. The fraction of sp³-hybridized carbons (Fsp3) is 0.167. The van der Waals surface area contributed by atoms with Gasteiger partial charge in [-0.1, -0.05) is 30.3 Å². The van der Waals surface area contributed by atoms with Gasteiger partial charge in [-0.25, -0.2) is 13.2 Å². The Kier molecular flexibility index (Phi) is 7.34. The zero-order valence-corrected chi connectivity index (χ0v) is 19.2. The van der Waals surface area contributed by atoms with Crippen LogP contribution in [0.15, 0.2) is 77.7 Å². The number of anilines is 2. The lowest BCUT2D eigenvalue weighted by Crippen LogP contribution is -2.30. The monoisotopic (exact) mass is 468 g/mol. The van der Waals surface area contributed by atoms with Gasteiger partial charge in [0.05, 0.1) is 23.3 Å². The number of sulfonamides is 1. The highest BCUT2D eigenvalue weighted by Gasteiger charge is 2.22. The minimum Gasteiger partial charge on any atom is -0.495 e. The van der Waals surface area contributed by atoms with E-state index in [4.69, 9.17) is 9.47 Å². The summed E-state index contributed by atoms with van der Waals surface area (Å²) in [5.74, 6) is -0.975. The van der Waals surface area contributed by atoms with Crippen LogP contribution in [0.4, 0.5) is 11.4 Å². The highest BCUT2D eigenvalue weighted by Crippen LogP contribution is 2.26. The first-order valence-corrected chi connectivity index (χ1v) is 11.5. The van der Waals surface area contributed by atoms with Crippen LogP contribution < -0.4 is 14.8 Å². The molecule has 0 aromatic heterocycles. The molecule has 0 spiro atoms. The van der Waals surface area contributed by atoms with Crippen LogP contribution in [0.1, 0.15) is 22.8 Å². The largest absolute Gasteiger partial charge is 0.495 e. The van der Waals surface area contributed by atoms with E-state index in [0.29, 0.717) is 11.4 Å². The number of para-hydroxylation sites is 2. The van der Waals surface area contributed by atoms with Crippen molar-refractivity contribution in [3.05, 3.63) is 83.9 Å². The van der Waals surface area contributed by atoms with Gasteiger partial charge in [-0.15, -0.1) is 0 Å². The van der Waals surface area contributed by atoms with Crippen molar-refractivity contribution in [2.45, 2.75) is 24.8 Å². The second-order valence-electron chi connectivity index (χ2n) is 7.24. The predicted octanol–water partition coefficient (Wildman–Crippen LogP) is 3.99. The number of esters is 1. The lowest BCUT2D eigenvalue weighted by Gasteiger charge is -2.15. The van der Waals surface area contributed by atoms with E-state index >= 15 is 0 Å². The van der Waals surface area contributed by atoms with E-state index in [0.717, 1.165) is 5.56 Å². The van der Waals surface area contributed by atoms with Gasteiger partial charge in [-0.2, -0.15) is 0 Å². The van der Waals surface area contributed by atoms with E-state index in [-0.39, 0.29) is 16.1 Å². The molecule has 33 heavy (non-hydrogen) atoms. The molecule has 1 amide bonds. The molecule has 0 aliphatic rings. The normalized spacial score (nSPS) is 11.8. The van der Waals surface area contributed by atoms with Gasteiger partial charge in [0.2, 0.25) is 0 Å². The van der Waals surface area contributed by atoms with Gasteiger partial charge in [-0.3, -0.25) is 9.52 Å². The Hall–Kier alpha value is -3.85. The summed E-state index contributed by atoms with van der Waals surface area (Å²) in [7, 11) is -2.58. The number of aryl methyl sites for hydroxylation is 1. The van der Waals surface area contributed by atoms with Crippen LogP contribution >= 0.6 is 0 Å². The van der Waals surface area contributed by atoms with Crippen molar-refractivity contribution in [3.63, 3.8) is 0 Å². The van der Waals surface area contributed by atoms with Gasteiger partial charge in [0.1, 0.15) is 5.75 Å². The third-order valence-electron chi connectivity index (χ3n) is 4.67. The molecule has 3 aromatic rings. The molecule has 3 rings (SSSR count). The number of hydrogen-bond acceptors (Lipinski definition) is 6. The molecule has 3 aromatic carbocycles. The van der Waals surface area contributed by atoms with Gasteiger partial charge in [0.25, 0.3) is 15.9 Å². The van der Waals surface area contributed by atoms with Crippen molar-refractivity contribution in [2.24, 2.45) is 0 Å². The van der Waals surface area contributed by atoms with E-state index in [1.54, 1.807) is 42.5 Å². The number of nitrogens with one attached hydrogen (secondary N) is 2. The van der Waals surface area contributed by atoms with E-state index in [1.165, 1.54) is 38.3 Å². The first-order valence-electron chi connectivity index (χ1n) is 10.0. The highest BCUT2D eigenvalue weighted by molar-refractivity contribution is 7.92. The minimum absolute atomic E-state index is 0.00638. The van der Waals surface area contributed by atoms with Crippen molar-refractivity contribution < 1.29 is 27.5 Å². The molecule has 1 atom stereocenters. The van der Waals surface area contributed by atoms with Crippen molar-refractivity contribution >= 4 is 33.3 Å². The summed E-state index contributed by atoms with van der Waals surface area (Å²) in [6, 6.07) is 19.1. The Morgan fingerprint density at radius 3 is 2.39 bits per heavy atom. The van der Waals surface area contributed by atoms with Gasteiger partial charge in [0.15, 0.2) is 6.10 Å². The average Bonchev–Trinajstić information content (AvgIpc) is 2.79. The number of rotatable bonds is 8. The molecular formula is C24H24N2O6S. The van der Waals surface area contributed by atoms with Crippen LogP contribution in [0, 0.1) is 6.92 Å². The summed E-state index contributed by atoms with van der Waals surface area (Å²) in [5, 5.41) is 2.68. The first-order chi connectivity index (χ1) is 15.7. The van der Waals surface area contributed by atoms with Crippen LogP contribution in [0.25, 0.3) is 0 Å². The molecular weight excluding hydrogens is 444 g/mol. The number of hydrogen-bond donors (Lipinski definition) is 2. The summed E-state index contributed by atoms with van der Waals surface area (Å²) >= 11 is 0. The second-order valence-corrected chi connectivity index (χ2v) is 8.92. The third-order valence-corrected chi connectivity index (χ3v) is 6.03. The van der Waals surface area contributed by atoms with Gasteiger partial charge in [0, 0.05) is 5.69 Å². The van der Waals surface area contributed by atoms with Crippen LogP contribution in [0.2, 0.25) is 0 Å². The lowest BCUT2D eigenvalue weighted by molar-refractivity contribution is -0.123. The molecule has 8 nitrogen and oxygen atoms in total. The van der Waals surface area contributed by atoms with Crippen LogP contribution in [0.5, 0.6) is 5.75 Å². The molecule has 9 heteroatoms. The summed E-state index contributed by atoms with van der Waals surface area (Å²) < 4.78 is 38.5. The molecule has 1 unspecified atom stereocenters. The van der Waals surface area contributed by atoms with Gasteiger partial charge in [-0.05, 0) is 61.9 Å². The van der Waals surface area contributed by atoms with Crippen LogP contribution in [-0.2, 0) is 19.6 Å². The lowest BCUT2D eigenvalue weighted by atomic mass is 10.2. The predicted molar refractivity (Wildman–Crippen MR) is 125 cm³/mol. The maximum absolute atomic E-state index is 12.8. The van der Waals surface area contributed by atoms with E-state index in [1.807, 2.05) is 13.0 Å². The Morgan fingerprint density at radius 2 is 1.67 bits per heavy atom. The maximum Gasteiger partial charge on any atom is 0.338 e.